The van der Waals surface area contributed by atoms with Gasteiger partial charge in [-0.1, -0.05) is 25.7 Å². The maximum atomic E-state index is 12.8. The molecular weight excluding hydrogens is 370 g/mol. The van der Waals surface area contributed by atoms with E-state index >= 15 is 0 Å². The largest absolute Gasteiger partial charge is 0.480 e. The van der Waals surface area contributed by atoms with Gasteiger partial charge in [0.05, 0.1) is 11.4 Å². The molecule has 8 heteroatoms. The minimum Gasteiger partial charge on any atom is -0.480 e. The van der Waals surface area contributed by atoms with E-state index in [1.165, 1.54) is 12.8 Å². The molecular formula is C21H25N5O3. The molecule has 0 unspecified atom stereocenters. The quantitative estimate of drug-likeness (QED) is 0.640. The second-order valence-corrected chi connectivity index (χ2v) is 7.65. The number of nitrogens with one attached hydrogen (secondary N) is 1. The van der Waals surface area contributed by atoms with E-state index in [4.69, 9.17) is 5.11 Å². The van der Waals surface area contributed by atoms with Crippen molar-refractivity contribution in [2.75, 3.05) is 5.32 Å². The van der Waals surface area contributed by atoms with Crippen LogP contribution in [0.5, 0.6) is 0 Å². The highest BCUT2D eigenvalue weighted by molar-refractivity contribution is 5.79. The van der Waals surface area contributed by atoms with Gasteiger partial charge in [0.2, 0.25) is 5.95 Å². The number of carbonyl (C=O) groups is 1. The van der Waals surface area contributed by atoms with Gasteiger partial charge in [0.15, 0.2) is 0 Å². The van der Waals surface area contributed by atoms with Gasteiger partial charge in [-0.15, -0.1) is 0 Å². The lowest BCUT2D eigenvalue weighted by Crippen LogP contribution is -2.25. The van der Waals surface area contributed by atoms with E-state index < -0.39 is 5.97 Å². The number of nitrogens with zero attached hydrogens (tertiary/aromatic N) is 4. The van der Waals surface area contributed by atoms with Crippen molar-refractivity contribution in [2.24, 2.45) is 0 Å². The molecule has 0 aliphatic heterocycles. The number of fused-ring (bicyclic) bond motifs is 1. The number of hydrogen-bond donors (Lipinski definition) is 2. The highest BCUT2D eigenvalue weighted by Crippen LogP contribution is 2.29. The van der Waals surface area contributed by atoms with Gasteiger partial charge in [-0.05, 0) is 31.9 Å². The average molecular weight is 395 g/mol. The van der Waals surface area contributed by atoms with E-state index in [-0.39, 0.29) is 18.1 Å². The molecule has 0 aromatic carbocycles. The number of carboxylic acids is 1. The van der Waals surface area contributed by atoms with Crippen molar-refractivity contribution in [1.29, 1.82) is 0 Å². The lowest BCUT2D eigenvalue weighted by atomic mass is 10.1. The standard InChI is InChI=1S/C21H25N5O3/c1-14-17-8-9-18(27)26(16-6-4-2-3-5-7-16)20(17)24-21(22-14)23-15-10-11-25(12-15)13-19(28)29/h8-12,16H,2-7,13H2,1H3,(H,28,29)(H,22,23,24). The first-order valence-electron chi connectivity index (χ1n) is 10.1. The van der Waals surface area contributed by atoms with Crippen LogP contribution in [0.2, 0.25) is 0 Å². The summed E-state index contributed by atoms with van der Waals surface area (Å²) in [6, 6.07) is 5.35. The third kappa shape index (κ3) is 4.16. The van der Waals surface area contributed by atoms with Crippen LogP contribution in [0.15, 0.2) is 35.4 Å². The van der Waals surface area contributed by atoms with Gasteiger partial charge in [0.25, 0.3) is 5.56 Å². The zero-order chi connectivity index (χ0) is 20.4. The summed E-state index contributed by atoms with van der Waals surface area (Å²) in [6.07, 6.45) is 10.0. The molecule has 4 rings (SSSR count). The van der Waals surface area contributed by atoms with Crippen LogP contribution in [0.1, 0.15) is 50.3 Å². The molecule has 1 aliphatic rings. The molecule has 29 heavy (non-hydrogen) atoms. The van der Waals surface area contributed by atoms with Crippen LogP contribution in [0, 0.1) is 6.92 Å². The van der Waals surface area contributed by atoms with E-state index in [1.807, 2.05) is 11.5 Å². The van der Waals surface area contributed by atoms with Crippen molar-refractivity contribution in [3.63, 3.8) is 0 Å². The number of aliphatic carboxylic acids is 1. The van der Waals surface area contributed by atoms with Crippen LogP contribution in [-0.4, -0.2) is 30.2 Å². The van der Waals surface area contributed by atoms with Crippen LogP contribution >= 0.6 is 0 Å². The Labute approximate surface area is 168 Å². The Morgan fingerprint density at radius 3 is 2.66 bits per heavy atom. The number of rotatable bonds is 5. The molecule has 2 N–H and O–H groups in total. The predicted molar refractivity (Wildman–Crippen MR) is 111 cm³/mol. The van der Waals surface area contributed by atoms with E-state index in [0.29, 0.717) is 17.3 Å². The Hall–Kier alpha value is -3.16. The third-order valence-corrected chi connectivity index (χ3v) is 5.49. The number of anilines is 2. The summed E-state index contributed by atoms with van der Waals surface area (Å²) in [5.41, 5.74) is 2.12. The summed E-state index contributed by atoms with van der Waals surface area (Å²) in [7, 11) is 0. The second kappa shape index (κ2) is 8.06. The SMILES string of the molecule is Cc1nc(Nc2ccn(CC(=O)O)c2)nc2c1ccc(=O)n2C1CCCCCC1. The van der Waals surface area contributed by atoms with E-state index in [1.54, 1.807) is 35.2 Å². The maximum absolute atomic E-state index is 12.8. The summed E-state index contributed by atoms with van der Waals surface area (Å²) in [5, 5.41) is 12.9. The lowest BCUT2D eigenvalue weighted by molar-refractivity contribution is -0.137. The molecule has 8 nitrogen and oxygen atoms in total. The third-order valence-electron chi connectivity index (χ3n) is 5.49. The van der Waals surface area contributed by atoms with Gasteiger partial charge in [-0.25, -0.2) is 4.98 Å². The minimum absolute atomic E-state index is 0.0268. The molecule has 3 aromatic rings. The molecule has 3 heterocycles. The molecule has 0 spiro atoms. The molecule has 0 atom stereocenters. The van der Waals surface area contributed by atoms with Crippen molar-refractivity contribution < 1.29 is 9.90 Å². The van der Waals surface area contributed by atoms with Crippen molar-refractivity contribution in [1.82, 2.24) is 19.1 Å². The fourth-order valence-corrected chi connectivity index (χ4v) is 4.11. The predicted octanol–water partition coefficient (Wildman–Crippen LogP) is 3.62. The normalized spacial score (nSPS) is 15.3. The van der Waals surface area contributed by atoms with E-state index in [2.05, 4.69) is 15.3 Å². The van der Waals surface area contributed by atoms with Crippen LogP contribution < -0.4 is 10.9 Å². The zero-order valence-electron chi connectivity index (χ0n) is 16.5. The van der Waals surface area contributed by atoms with Gasteiger partial charge >= 0.3 is 5.97 Å². The molecule has 3 aromatic heterocycles. The Morgan fingerprint density at radius 2 is 1.93 bits per heavy atom. The highest BCUT2D eigenvalue weighted by Gasteiger charge is 2.19. The Bertz CT molecular complexity index is 1090. The zero-order valence-corrected chi connectivity index (χ0v) is 16.5. The van der Waals surface area contributed by atoms with Gasteiger partial charge in [0.1, 0.15) is 12.2 Å². The van der Waals surface area contributed by atoms with Gasteiger partial charge in [0, 0.05) is 29.9 Å². The summed E-state index contributed by atoms with van der Waals surface area (Å²) in [5.74, 6) is -0.506. The lowest BCUT2D eigenvalue weighted by Gasteiger charge is -2.20. The van der Waals surface area contributed by atoms with Crippen molar-refractivity contribution >= 4 is 28.6 Å². The summed E-state index contributed by atoms with van der Waals surface area (Å²) >= 11 is 0. The molecule has 1 fully saturated rings. The van der Waals surface area contributed by atoms with Gasteiger partial charge in [-0.2, -0.15) is 4.98 Å². The molecule has 1 aliphatic carbocycles. The fraction of sp³-hybridized carbons (Fsp3) is 0.429. The van der Waals surface area contributed by atoms with Crippen LogP contribution in [-0.2, 0) is 11.3 Å². The van der Waals surface area contributed by atoms with Gasteiger partial charge in [-0.3, -0.25) is 14.2 Å². The van der Waals surface area contributed by atoms with Gasteiger partial charge < -0.3 is 15.0 Å². The first kappa shape index (κ1) is 19.2. The number of carboxylic acid groups (broad SMARTS) is 1. The molecule has 152 valence electrons. The number of aromatic nitrogens is 4. The molecule has 0 radical (unpaired) electrons. The van der Waals surface area contributed by atoms with Crippen molar-refractivity contribution in [2.45, 2.75) is 58.0 Å². The average Bonchev–Trinajstić information content (AvgIpc) is 2.92. The van der Waals surface area contributed by atoms with Crippen LogP contribution in [0.4, 0.5) is 11.6 Å². The first-order chi connectivity index (χ1) is 14.0. The first-order valence-corrected chi connectivity index (χ1v) is 10.1. The monoisotopic (exact) mass is 395 g/mol. The maximum Gasteiger partial charge on any atom is 0.323 e. The fourth-order valence-electron chi connectivity index (χ4n) is 4.11. The van der Waals surface area contributed by atoms with Crippen molar-refractivity contribution in [3.05, 3.63) is 46.6 Å². The molecule has 0 saturated heterocycles. The minimum atomic E-state index is -0.905. The Morgan fingerprint density at radius 1 is 1.17 bits per heavy atom. The van der Waals surface area contributed by atoms with Crippen molar-refractivity contribution in [3.8, 4) is 0 Å². The molecule has 0 amide bonds. The highest BCUT2D eigenvalue weighted by atomic mass is 16.4. The molecule has 0 bridgehead atoms. The Kier molecular flexibility index (Phi) is 5.33. The second-order valence-electron chi connectivity index (χ2n) is 7.65. The van der Waals surface area contributed by atoms with Crippen LogP contribution in [0.3, 0.4) is 0 Å². The smallest absolute Gasteiger partial charge is 0.323 e. The van der Waals surface area contributed by atoms with E-state index in [0.717, 1.165) is 36.8 Å². The van der Waals surface area contributed by atoms with Crippen LogP contribution in [0.25, 0.3) is 11.0 Å². The Balaban J connectivity index is 1.72. The topological polar surface area (TPSA) is 102 Å². The number of aryl methyl sites for hydroxylation is 1. The number of pyridine rings is 1. The number of hydrogen-bond acceptors (Lipinski definition) is 5. The summed E-state index contributed by atoms with van der Waals surface area (Å²) in [6.45, 7) is 1.80. The summed E-state index contributed by atoms with van der Waals surface area (Å²) < 4.78 is 3.41. The summed E-state index contributed by atoms with van der Waals surface area (Å²) in [4.78, 5) is 32.8. The van der Waals surface area contributed by atoms with E-state index in [9.17, 15) is 9.59 Å². The molecule has 1 saturated carbocycles.